The lowest BCUT2D eigenvalue weighted by molar-refractivity contribution is -0.121. The van der Waals surface area contributed by atoms with Gasteiger partial charge in [-0.15, -0.1) is 0 Å². The van der Waals surface area contributed by atoms with Crippen LogP contribution in [0.15, 0.2) is 53.0 Å². The van der Waals surface area contributed by atoms with E-state index in [0.29, 0.717) is 16.9 Å². The van der Waals surface area contributed by atoms with Gasteiger partial charge in [0.25, 0.3) is 5.91 Å². The Morgan fingerprint density at radius 3 is 2.71 bits per heavy atom. The zero-order chi connectivity index (χ0) is 19.9. The van der Waals surface area contributed by atoms with Crippen molar-refractivity contribution in [1.29, 1.82) is 0 Å². The largest absolute Gasteiger partial charge is 0.371 e. The van der Waals surface area contributed by atoms with Crippen molar-refractivity contribution in [3.05, 3.63) is 64.4 Å². The summed E-state index contributed by atoms with van der Waals surface area (Å²) in [4.78, 5) is 26.5. The van der Waals surface area contributed by atoms with Crippen LogP contribution in [0, 0.1) is 11.7 Å². The SMILES string of the molecule is O=C(CCNC(=O)c1cc(F)ccc1Br)NCC1CCN(c2ccccc2)C1. The number of para-hydroxylation sites is 1. The molecule has 0 aliphatic carbocycles. The van der Waals surface area contributed by atoms with Gasteiger partial charge < -0.3 is 15.5 Å². The molecule has 0 radical (unpaired) electrons. The predicted molar refractivity (Wildman–Crippen MR) is 111 cm³/mol. The maximum Gasteiger partial charge on any atom is 0.252 e. The minimum absolute atomic E-state index is 0.100. The van der Waals surface area contributed by atoms with Crippen LogP contribution in [0.5, 0.6) is 0 Å². The maximum atomic E-state index is 13.3. The van der Waals surface area contributed by atoms with Gasteiger partial charge in [-0.1, -0.05) is 18.2 Å². The fourth-order valence-electron chi connectivity index (χ4n) is 3.28. The lowest BCUT2D eigenvalue weighted by Crippen LogP contribution is -2.34. The highest BCUT2D eigenvalue weighted by molar-refractivity contribution is 9.10. The second-order valence-corrected chi connectivity index (χ2v) is 7.72. The zero-order valence-corrected chi connectivity index (χ0v) is 17.0. The molecule has 7 heteroatoms. The molecule has 3 rings (SSSR count). The van der Waals surface area contributed by atoms with E-state index in [1.54, 1.807) is 0 Å². The van der Waals surface area contributed by atoms with Crippen molar-refractivity contribution in [1.82, 2.24) is 10.6 Å². The minimum atomic E-state index is -0.479. The molecule has 1 unspecified atom stereocenters. The van der Waals surface area contributed by atoms with Crippen LogP contribution in [0.2, 0.25) is 0 Å². The average molecular weight is 448 g/mol. The molecule has 0 aromatic heterocycles. The number of amides is 2. The van der Waals surface area contributed by atoms with Gasteiger partial charge in [0.15, 0.2) is 0 Å². The van der Waals surface area contributed by atoms with Crippen LogP contribution in [-0.2, 0) is 4.79 Å². The number of anilines is 1. The molecule has 148 valence electrons. The Labute approximate surface area is 172 Å². The average Bonchev–Trinajstić information content (AvgIpc) is 3.18. The van der Waals surface area contributed by atoms with Crippen molar-refractivity contribution in [3.8, 4) is 0 Å². The van der Waals surface area contributed by atoms with Gasteiger partial charge in [0, 0.05) is 42.8 Å². The van der Waals surface area contributed by atoms with Crippen molar-refractivity contribution >= 4 is 33.4 Å². The second-order valence-electron chi connectivity index (χ2n) is 6.87. The molecule has 1 aliphatic rings. The number of halogens is 2. The zero-order valence-electron chi connectivity index (χ0n) is 15.5. The summed E-state index contributed by atoms with van der Waals surface area (Å²) >= 11 is 3.23. The van der Waals surface area contributed by atoms with Crippen molar-refractivity contribution in [2.24, 2.45) is 5.92 Å². The van der Waals surface area contributed by atoms with Gasteiger partial charge in [-0.25, -0.2) is 4.39 Å². The van der Waals surface area contributed by atoms with E-state index in [0.717, 1.165) is 25.6 Å². The minimum Gasteiger partial charge on any atom is -0.371 e. The Bertz CT molecular complexity index is 832. The molecule has 2 aromatic carbocycles. The Kier molecular flexibility index (Phi) is 7.03. The predicted octanol–water partition coefficient (Wildman–Crippen LogP) is 3.35. The number of nitrogens with zero attached hydrogens (tertiary/aromatic N) is 1. The second kappa shape index (κ2) is 9.68. The van der Waals surface area contributed by atoms with E-state index in [4.69, 9.17) is 0 Å². The third-order valence-electron chi connectivity index (χ3n) is 4.81. The van der Waals surface area contributed by atoms with Crippen LogP contribution in [0.3, 0.4) is 0 Å². The molecule has 0 spiro atoms. The summed E-state index contributed by atoms with van der Waals surface area (Å²) in [5, 5.41) is 5.59. The highest BCUT2D eigenvalue weighted by Crippen LogP contribution is 2.23. The molecule has 1 fully saturated rings. The molecule has 2 amide bonds. The van der Waals surface area contributed by atoms with Gasteiger partial charge in [-0.2, -0.15) is 0 Å². The first-order valence-corrected chi connectivity index (χ1v) is 10.1. The number of carbonyl (C=O) groups excluding carboxylic acids is 2. The first kappa shape index (κ1) is 20.3. The Balaban J connectivity index is 1.36. The molecular formula is C21H23BrFN3O2. The van der Waals surface area contributed by atoms with E-state index in [9.17, 15) is 14.0 Å². The summed E-state index contributed by atoms with van der Waals surface area (Å²) in [7, 11) is 0. The Morgan fingerprint density at radius 2 is 1.93 bits per heavy atom. The number of carbonyl (C=O) groups is 2. The van der Waals surface area contributed by atoms with Crippen LogP contribution in [0.1, 0.15) is 23.2 Å². The number of benzene rings is 2. The molecule has 2 N–H and O–H groups in total. The lowest BCUT2D eigenvalue weighted by atomic mass is 10.1. The number of hydrogen-bond donors (Lipinski definition) is 2. The molecule has 1 heterocycles. The molecule has 28 heavy (non-hydrogen) atoms. The summed E-state index contributed by atoms with van der Waals surface area (Å²) in [5.41, 5.74) is 1.43. The van der Waals surface area contributed by atoms with Gasteiger partial charge in [0.2, 0.25) is 5.91 Å². The van der Waals surface area contributed by atoms with Crippen molar-refractivity contribution in [2.45, 2.75) is 12.8 Å². The van der Waals surface area contributed by atoms with E-state index in [2.05, 4.69) is 43.6 Å². The highest BCUT2D eigenvalue weighted by atomic mass is 79.9. The first-order valence-electron chi connectivity index (χ1n) is 9.33. The summed E-state index contributed by atoms with van der Waals surface area (Å²) in [6.45, 7) is 2.75. The van der Waals surface area contributed by atoms with Crippen LogP contribution in [0.25, 0.3) is 0 Å². The number of hydrogen-bond acceptors (Lipinski definition) is 3. The number of rotatable bonds is 7. The first-order chi connectivity index (χ1) is 13.5. The Hall–Kier alpha value is -2.41. The van der Waals surface area contributed by atoms with Gasteiger partial charge in [-0.3, -0.25) is 9.59 Å². The molecule has 2 aromatic rings. The van der Waals surface area contributed by atoms with Gasteiger partial charge >= 0.3 is 0 Å². The third-order valence-corrected chi connectivity index (χ3v) is 5.50. The quantitative estimate of drug-likeness (QED) is 0.683. The van der Waals surface area contributed by atoms with E-state index >= 15 is 0 Å². The van der Waals surface area contributed by atoms with Crippen molar-refractivity contribution in [3.63, 3.8) is 0 Å². The smallest absolute Gasteiger partial charge is 0.252 e. The standard InChI is InChI=1S/C21H23BrFN3O2/c22-19-7-6-16(23)12-18(19)21(28)24-10-8-20(27)25-13-15-9-11-26(14-15)17-4-2-1-3-5-17/h1-7,12,15H,8-11,13-14H2,(H,24,28)(H,25,27). The fourth-order valence-corrected chi connectivity index (χ4v) is 3.70. The van der Waals surface area contributed by atoms with Crippen molar-refractivity contribution in [2.75, 3.05) is 31.1 Å². The van der Waals surface area contributed by atoms with Crippen LogP contribution in [0.4, 0.5) is 10.1 Å². The summed E-state index contributed by atoms with van der Waals surface area (Å²) < 4.78 is 13.8. The summed E-state index contributed by atoms with van der Waals surface area (Å²) in [6.07, 6.45) is 1.23. The topological polar surface area (TPSA) is 61.4 Å². The van der Waals surface area contributed by atoms with E-state index < -0.39 is 11.7 Å². The summed E-state index contributed by atoms with van der Waals surface area (Å²) in [6, 6.07) is 14.2. The van der Waals surface area contributed by atoms with E-state index in [1.165, 1.54) is 17.8 Å². The Morgan fingerprint density at radius 1 is 1.14 bits per heavy atom. The fraction of sp³-hybridized carbons (Fsp3) is 0.333. The molecular weight excluding hydrogens is 425 g/mol. The highest BCUT2D eigenvalue weighted by Gasteiger charge is 2.22. The van der Waals surface area contributed by atoms with Crippen LogP contribution < -0.4 is 15.5 Å². The van der Waals surface area contributed by atoms with E-state index in [1.807, 2.05) is 18.2 Å². The monoisotopic (exact) mass is 447 g/mol. The molecule has 0 saturated carbocycles. The van der Waals surface area contributed by atoms with Gasteiger partial charge in [0.1, 0.15) is 5.82 Å². The maximum absolute atomic E-state index is 13.3. The molecule has 0 bridgehead atoms. The van der Waals surface area contributed by atoms with Crippen LogP contribution >= 0.6 is 15.9 Å². The lowest BCUT2D eigenvalue weighted by Gasteiger charge is -2.18. The molecule has 5 nitrogen and oxygen atoms in total. The molecule has 1 aliphatic heterocycles. The normalized spacial score (nSPS) is 16.1. The molecule has 1 atom stereocenters. The van der Waals surface area contributed by atoms with Gasteiger partial charge in [-0.05, 0) is 58.6 Å². The molecule has 1 saturated heterocycles. The van der Waals surface area contributed by atoms with E-state index in [-0.39, 0.29) is 24.4 Å². The van der Waals surface area contributed by atoms with Crippen molar-refractivity contribution < 1.29 is 14.0 Å². The third kappa shape index (κ3) is 5.55. The summed E-state index contributed by atoms with van der Waals surface area (Å²) in [5.74, 6) is -0.570. The number of nitrogens with one attached hydrogen (secondary N) is 2. The van der Waals surface area contributed by atoms with Crippen LogP contribution in [-0.4, -0.2) is 38.0 Å². The van der Waals surface area contributed by atoms with Gasteiger partial charge in [0.05, 0.1) is 5.56 Å².